The molecule has 0 saturated carbocycles. The van der Waals surface area contributed by atoms with Gasteiger partial charge in [-0.2, -0.15) is 23.7 Å². The molecule has 0 aromatic heterocycles. The number of ether oxygens (including phenoxy) is 1. The highest BCUT2D eigenvalue weighted by Gasteiger charge is 2.35. The van der Waals surface area contributed by atoms with Crippen molar-refractivity contribution in [3.05, 3.63) is 59.2 Å². The number of hydrogen-bond acceptors (Lipinski definition) is 5. The number of carbonyl (C=O) groups excluding carboxylic acids is 1. The molecule has 144 valence electrons. The maximum atomic E-state index is 13.0. The Hall–Kier alpha value is -3.56. The minimum atomic E-state index is -4.77. The lowest BCUT2D eigenvalue weighted by atomic mass is 10.1. The van der Waals surface area contributed by atoms with E-state index < -0.39 is 35.4 Å². The molecule has 28 heavy (non-hydrogen) atoms. The van der Waals surface area contributed by atoms with Gasteiger partial charge in [-0.05, 0) is 49.4 Å². The topological polar surface area (TPSA) is 106 Å². The van der Waals surface area contributed by atoms with Crippen LogP contribution in [0.2, 0.25) is 0 Å². The van der Waals surface area contributed by atoms with Crippen LogP contribution >= 0.6 is 0 Å². The SMILES string of the molecule is C[C@](O)(CO[14c]1[14cH][14cH][14c](C#N)[14cH][14cH]1)C(=O)Nc1ccc(C#N)c(C(F)(F)F)c1. The Balaban J connectivity index is 2.10. The highest BCUT2D eigenvalue weighted by molar-refractivity contribution is 5.97. The van der Waals surface area contributed by atoms with Crippen molar-refractivity contribution >= 4 is 11.6 Å². The van der Waals surface area contributed by atoms with Crippen molar-refractivity contribution in [1.82, 2.24) is 0 Å². The number of alkyl halides is 3. The average Bonchev–Trinajstić information content (AvgIpc) is 2.66. The molecule has 2 aromatic rings. The summed E-state index contributed by atoms with van der Waals surface area (Å²) < 4.78 is 44.3. The zero-order valence-electron chi connectivity index (χ0n) is 14.5. The normalized spacial score (nSPS) is 13.0. The lowest BCUT2D eigenvalue weighted by Gasteiger charge is -2.23. The third kappa shape index (κ3) is 5.00. The van der Waals surface area contributed by atoms with Crippen molar-refractivity contribution < 1.29 is 27.8 Å². The lowest BCUT2D eigenvalue weighted by molar-refractivity contribution is -0.138. The van der Waals surface area contributed by atoms with E-state index in [1.165, 1.54) is 30.3 Å². The van der Waals surface area contributed by atoms with E-state index in [1.54, 1.807) is 0 Å². The quantitative estimate of drug-likeness (QED) is 0.800. The Kier molecular flexibility index (Phi) is 5.92. The molecule has 9 heteroatoms. The van der Waals surface area contributed by atoms with Gasteiger partial charge < -0.3 is 15.2 Å². The third-order valence-corrected chi connectivity index (χ3v) is 3.70. The molecular weight excluding hydrogens is 387 g/mol. The molecule has 0 saturated heterocycles. The fraction of sp³-hybridized carbons (Fsp3) is 0.211. The van der Waals surface area contributed by atoms with Gasteiger partial charge in [0.05, 0.1) is 28.8 Å². The van der Waals surface area contributed by atoms with Crippen LogP contribution in [0, 0.1) is 22.7 Å². The molecule has 6 nitrogen and oxygen atoms in total. The van der Waals surface area contributed by atoms with Gasteiger partial charge in [0.2, 0.25) is 0 Å². The van der Waals surface area contributed by atoms with Gasteiger partial charge in [-0.25, -0.2) is 0 Å². The first-order valence-corrected chi connectivity index (χ1v) is 7.85. The number of aliphatic hydroxyl groups is 1. The molecule has 2 rings (SSSR count). The van der Waals surface area contributed by atoms with Crippen LogP contribution in [0.25, 0.3) is 0 Å². The van der Waals surface area contributed by atoms with Crippen molar-refractivity contribution in [3.8, 4) is 17.9 Å². The lowest BCUT2D eigenvalue weighted by Crippen LogP contribution is -2.45. The Labute approximate surface area is 158 Å². The molecule has 0 heterocycles. The number of hydrogen-bond donors (Lipinski definition) is 2. The van der Waals surface area contributed by atoms with Gasteiger partial charge in [-0.1, -0.05) is 0 Å². The fourth-order valence-electron chi connectivity index (χ4n) is 2.13. The minimum absolute atomic E-state index is 0.227. The molecule has 0 radical (unpaired) electrons. The molecule has 0 aliphatic rings. The average molecular weight is 401 g/mol. The first-order valence-electron chi connectivity index (χ1n) is 7.85. The number of amides is 1. The third-order valence-electron chi connectivity index (χ3n) is 3.70. The summed E-state index contributed by atoms with van der Waals surface area (Å²) in [5.41, 5.74) is -3.66. The summed E-state index contributed by atoms with van der Waals surface area (Å²) in [5, 5.41) is 30.0. The van der Waals surface area contributed by atoms with Crippen molar-refractivity contribution in [3.63, 3.8) is 0 Å². The largest absolute Gasteiger partial charge is 0.490 e. The van der Waals surface area contributed by atoms with E-state index in [1.807, 2.05) is 6.07 Å². The van der Waals surface area contributed by atoms with Crippen molar-refractivity contribution in [1.29, 1.82) is 10.5 Å². The predicted octanol–water partition coefficient (Wildman–Crippen LogP) is 3.22. The van der Waals surface area contributed by atoms with Gasteiger partial charge in [-0.15, -0.1) is 0 Å². The summed E-state index contributed by atoms with van der Waals surface area (Å²) in [7, 11) is 0. The van der Waals surface area contributed by atoms with Crippen molar-refractivity contribution in [2.75, 3.05) is 11.9 Å². The molecule has 0 aliphatic carbocycles. The van der Waals surface area contributed by atoms with Gasteiger partial charge in [0.1, 0.15) is 12.4 Å². The van der Waals surface area contributed by atoms with Gasteiger partial charge in [-0.3, -0.25) is 4.79 Å². The number of nitriles is 2. The van der Waals surface area contributed by atoms with Gasteiger partial charge >= 0.3 is 6.18 Å². The molecule has 1 atom stereocenters. The van der Waals surface area contributed by atoms with Gasteiger partial charge in [0.25, 0.3) is 5.91 Å². The predicted molar refractivity (Wildman–Crippen MR) is 92.1 cm³/mol. The summed E-state index contributed by atoms with van der Waals surface area (Å²) in [6, 6.07) is 12.0. The van der Waals surface area contributed by atoms with Crippen LogP contribution < -0.4 is 10.1 Å². The van der Waals surface area contributed by atoms with E-state index in [2.05, 4.69) is 5.32 Å². The Morgan fingerprint density at radius 2 is 1.93 bits per heavy atom. The van der Waals surface area contributed by atoms with Crippen LogP contribution in [0.4, 0.5) is 18.9 Å². The van der Waals surface area contributed by atoms with E-state index in [0.717, 1.165) is 19.1 Å². The summed E-state index contributed by atoms with van der Waals surface area (Å²) in [4.78, 5) is 12.2. The smallest absolute Gasteiger partial charge is 0.417 e. The number of nitrogens with zero attached hydrogens (tertiary/aromatic N) is 2. The first kappa shape index (κ1) is 20.7. The Bertz CT molecular complexity index is 956. The highest BCUT2D eigenvalue weighted by Crippen LogP contribution is 2.33. The van der Waals surface area contributed by atoms with Crippen LogP contribution in [-0.4, -0.2) is 23.2 Å². The first-order chi connectivity index (χ1) is 13.1. The van der Waals surface area contributed by atoms with Crippen molar-refractivity contribution in [2.45, 2.75) is 18.7 Å². The van der Waals surface area contributed by atoms with Crippen LogP contribution in [-0.2, 0) is 11.0 Å². The monoisotopic (exact) mass is 401 g/mol. The molecule has 2 aromatic carbocycles. The number of halogens is 3. The molecule has 0 fully saturated rings. The molecular formula is C19H14F3N3O3. The molecule has 1 amide bonds. The molecule has 0 bridgehead atoms. The van der Waals surface area contributed by atoms with Crippen LogP contribution in [0.3, 0.4) is 0 Å². The summed E-state index contributed by atoms with van der Waals surface area (Å²) in [5.74, 6) is -0.691. The fourth-order valence-corrected chi connectivity index (χ4v) is 2.13. The second-order valence-corrected chi connectivity index (χ2v) is 6.02. The van der Waals surface area contributed by atoms with E-state index >= 15 is 0 Å². The maximum Gasteiger partial charge on any atom is 0.417 e. The second-order valence-electron chi connectivity index (χ2n) is 6.02. The molecule has 0 aliphatic heterocycles. The number of anilines is 1. The molecule has 2 N–H and O–H groups in total. The Morgan fingerprint density at radius 1 is 1.29 bits per heavy atom. The van der Waals surface area contributed by atoms with E-state index in [4.69, 9.17) is 15.3 Å². The van der Waals surface area contributed by atoms with Crippen molar-refractivity contribution in [2.24, 2.45) is 0 Å². The minimum Gasteiger partial charge on any atom is -0.490 e. The second kappa shape index (κ2) is 7.99. The number of nitrogens with one attached hydrogen (secondary N) is 1. The van der Waals surface area contributed by atoms with E-state index in [-0.39, 0.29) is 5.69 Å². The number of benzene rings is 2. The zero-order valence-corrected chi connectivity index (χ0v) is 14.5. The van der Waals surface area contributed by atoms with Crippen LogP contribution in [0.5, 0.6) is 5.75 Å². The summed E-state index contributed by atoms with van der Waals surface area (Å²) >= 11 is 0. The standard InChI is InChI=1S/C19H14F3N3O3/c1-18(27,11-28-15-6-2-12(9-23)3-7-15)17(26)25-14-5-4-13(10-24)16(8-14)19(20,21)22/h2-8,27H,11H2,1H3,(H,25,26)/t18-/m0/s1/i2+2,3+2,6+2,7+2,12+2,15+2. The summed E-state index contributed by atoms with van der Waals surface area (Å²) in [6.45, 7) is 0.660. The van der Waals surface area contributed by atoms with E-state index in [9.17, 15) is 23.1 Å². The Morgan fingerprint density at radius 3 is 2.46 bits per heavy atom. The number of carbonyl (C=O) groups is 1. The van der Waals surface area contributed by atoms with Gasteiger partial charge in [0.15, 0.2) is 5.60 Å². The maximum absolute atomic E-state index is 13.0. The van der Waals surface area contributed by atoms with Crippen LogP contribution in [0.1, 0.15) is 23.6 Å². The zero-order chi connectivity index (χ0) is 20.9. The molecule has 0 unspecified atom stereocenters. The van der Waals surface area contributed by atoms with E-state index in [0.29, 0.717) is 17.4 Å². The van der Waals surface area contributed by atoms with Gasteiger partial charge in [0, 0.05) is 5.69 Å². The number of rotatable bonds is 5. The molecule has 0 spiro atoms. The summed E-state index contributed by atoms with van der Waals surface area (Å²) in [6.07, 6.45) is -4.77. The van der Waals surface area contributed by atoms with Crippen LogP contribution in [0.15, 0.2) is 42.5 Å². The highest BCUT2D eigenvalue weighted by atomic mass is 19.4.